The van der Waals surface area contributed by atoms with Gasteiger partial charge < -0.3 is 32.9 Å². The molecular weight excluding hydrogens is 530 g/mol. The molecule has 1 aliphatic rings. The van der Waals surface area contributed by atoms with Gasteiger partial charge in [-0.2, -0.15) is 4.37 Å². The predicted molar refractivity (Wildman–Crippen MR) is 154 cm³/mol. The summed E-state index contributed by atoms with van der Waals surface area (Å²) in [5.74, 6) is 1.31. The topological polar surface area (TPSA) is 88.1 Å². The van der Waals surface area contributed by atoms with Crippen molar-refractivity contribution in [3.8, 4) is 33.1 Å². The predicted octanol–water partition coefficient (Wildman–Crippen LogP) is 2.69. The molecule has 1 atom stereocenters. The first kappa shape index (κ1) is 28.4. The average Bonchev–Trinajstić information content (AvgIpc) is 3.57. The Labute approximate surface area is 239 Å². The summed E-state index contributed by atoms with van der Waals surface area (Å²) in [6, 6.07) is 17.9. The fourth-order valence-electron chi connectivity index (χ4n) is 4.92. The number of anilines is 1. The van der Waals surface area contributed by atoms with Crippen LogP contribution in [-0.2, 0) is 11.2 Å². The van der Waals surface area contributed by atoms with Crippen molar-refractivity contribution >= 4 is 29.2 Å². The number of halogens is 1. The minimum absolute atomic E-state index is 0. The Morgan fingerprint density at radius 3 is 2.56 bits per heavy atom. The van der Waals surface area contributed by atoms with Crippen LogP contribution >= 0.6 is 11.5 Å². The molecular formula is C31H32ClN3O3S. The molecule has 0 spiro atoms. The molecule has 1 aromatic heterocycles. The number of fused-ring (bicyclic) bond motifs is 1. The Morgan fingerprint density at radius 2 is 1.82 bits per heavy atom. The minimum atomic E-state index is -0.426. The number of aromatic nitrogens is 1. The number of aryl methyl sites for hydroxylation is 1. The zero-order chi connectivity index (χ0) is 26.8. The van der Waals surface area contributed by atoms with Crippen molar-refractivity contribution in [1.29, 1.82) is 0 Å². The van der Waals surface area contributed by atoms with E-state index in [1.54, 1.807) is 14.2 Å². The minimum Gasteiger partial charge on any atom is -1.00 e. The smallest absolute Gasteiger partial charge is 0.282 e. The highest BCUT2D eigenvalue weighted by atomic mass is 35.5. The number of rotatable bonds is 8. The number of quaternary nitrogens is 1. The molecule has 0 aliphatic heterocycles. The molecule has 4 N–H and O–H groups in total. The van der Waals surface area contributed by atoms with Gasteiger partial charge in [-0.1, -0.05) is 48.0 Å². The maximum Gasteiger partial charge on any atom is 0.282 e. The van der Waals surface area contributed by atoms with E-state index in [0.717, 1.165) is 44.9 Å². The molecule has 39 heavy (non-hydrogen) atoms. The summed E-state index contributed by atoms with van der Waals surface area (Å²) in [5, 5.41) is 3.06. The Morgan fingerprint density at radius 1 is 1.05 bits per heavy atom. The quantitative estimate of drug-likeness (QED) is 0.346. The molecule has 0 unspecified atom stereocenters. The van der Waals surface area contributed by atoms with Crippen LogP contribution in [0.15, 0.2) is 66.4 Å². The number of ether oxygens (including phenoxy) is 2. The summed E-state index contributed by atoms with van der Waals surface area (Å²) in [5.41, 5.74) is 13.8. The molecule has 0 saturated heterocycles. The average molecular weight is 562 g/mol. The van der Waals surface area contributed by atoms with Gasteiger partial charge in [-0.15, -0.1) is 0 Å². The molecule has 0 bridgehead atoms. The first-order valence-electron chi connectivity index (χ1n) is 12.6. The molecule has 5 rings (SSSR count). The van der Waals surface area contributed by atoms with Crippen molar-refractivity contribution in [2.75, 3.05) is 19.5 Å². The number of nitrogens with one attached hydrogen (secondary N) is 1. The van der Waals surface area contributed by atoms with Gasteiger partial charge in [-0.3, -0.25) is 4.79 Å². The molecule has 1 heterocycles. The van der Waals surface area contributed by atoms with Crippen LogP contribution < -0.4 is 32.9 Å². The number of carbonyl (C=O) groups excluding carboxylic acids is 1. The van der Waals surface area contributed by atoms with E-state index in [1.807, 2.05) is 36.5 Å². The highest BCUT2D eigenvalue weighted by molar-refractivity contribution is 7.10. The van der Waals surface area contributed by atoms with Crippen LogP contribution in [0.4, 0.5) is 5.69 Å². The number of methoxy groups -OCH3 is 2. The summed E-state index contributed by atoms with van der Waals surface area (Å²) < 4.78 is 15.7. The third kappa shape index (κ3) is 5.86. The fourth-order valence-corrected chi connectivity index (χ4v) is 5.68. The zero-order valence-electron chi connectivity index (χ0n) is 22.5. The van der Waals surface area contributed by atoms with Crippen LogP contribution in [-0.4, -0.2) is 30.5 Å². The lowest BCUT2D eigenvalue weighted by Gasteiger charge is -2.15. The second-order valence-electron chi connectivity index (χ2n) is 9.67. The number of carbonyl (C=O) groups is 1. The summed E-state index contributed by atoms with van der Waals surface area (Å²) in [6.07, 6.45) is 5.51. The highest BCUT2D eigenvalue weighted by Gasteiger charge is 2.24. The third-order valence-electron chi connectivity index (χ3n) is 7.15. The van der Waals surface area contributed by atoms with E-state index in [4.69, 9.17) is 9.47 Å². The van der Waals surface area contributed by atoms with E-state index in [-0.39, 0.29) is 18.3 Å². The van der Waals surface area contributed by atoms with Crippen LogP contribution in [0.2, 0.25) is 0 Å². The van der Waals surface area contributed by atoms with Gasteiger partial charge in [-0.05, 0) is 83.4 Å². The van der Waals surface area contributed by atoms with Crippen molar-refractivity contribution in [1.82, 2.24) is 4.37 Å². The first-order valence-corrected chi connectivity index (χ1v) is 13.3. The Bertz CT molecular complexity index is 1550. The van der Waals surface area contributed by atoms with Crippen molar-refractivity contribution in [3.63, 3.8) is 0 Å². The summed E-state index contributed by atoms with van der Waals surface area (Å²) in [4.78, 5) is 14.2. The second kappa shape index (κ2) is 12.0. The van der Waals surface area contributed by atoms with Crippen LogP contribution in [0.1, 0.15) is 28.7 Å². The summed E-state index contributed by atoms with van der Waals surface area (Å²) in [7, 11) is 3.29. The lowest BCUT2D eigenvalue weighted by Crippen LogP contribution is -3.00. The Balaban J connectivity index is 0.00000353. The molecule has 0 radical (unpaired) electrons. The van der Waals surface area contributed by atoms with E-state index in [9.17, 15) is 4.79 Å². The van der Waals surface area contributed by atoms with Crippen LogP contribution in [0, 0.1) is 13.8 Å². The maximum absolute atomic E-state index is 13.2. The first-order chi connectivity index (χ1) is 18.4. The van der Waals surface area contributed by atoms with Gasteiger partial charge in [0.15, 0.2) is 6.04 Å². The molecule has 0 fully saturated rings. The van der Waals surface area contributed by atoms with Crippen molar-refractivity contribution in [3.05, 3.63) is 88.6 Å². The van der Waals surface area contributed by atoms with Gasteiger partial charge in [0.25, 0.3) is 5.91 Å². The number of nitrogens with zero attached hydrogens (tertiary/aromatic N) is 1. The molecule has 8 heteroatoms. The standard InChI is InChI=1S/C31H31N3O3S.ClH/c1-18-11-24(16-29(37-4)19(18)2)30-25(17-33-38-30)23-9-10-28(36-3)27(15-23)34-31(35)26(32)14-20-12-21-7-5-6-8-22(21)13-20;/h5-12,15-17,26H,13-14,32H2,1-4H3,(H,34,35);1H/t26-;/m1./s1. The van der Waals surface area contributed by atoms with E-state index in [0.29, 0.717) is 17.9 Å². The van der Waals surface area contributed by atoms with Gasteiger partial charge in [0.05, 0.1) is 24.8 Å². The van der Waals surface area contributed by atoms with E-state index in [2.05, 4.69) is 59.6 Å². The van der Waals surface area contributed by atoms with Gasteiger partial charge in [0, 0.05) is 18.2 Å². The molecule has 1 aliphatic carbocycles. The summed E-state index contributed by atoms with van der Waals surface area (Å²) >= 11 is 1.44. The SMILES string of the molecule is COc1ccc(-c2cnsc2-c2cc(C)c(C)c(OC)c2)cc1NC(=O)[C@H]([NH3+])CC1=Cc2ccccc2C1.[Cl-]. The van der Waals surface area contributed by atoms with E-state index in [1.165, 1.54) is 28.2 Å². The molecule has 3 aromatic carbocycles. The van der Waals surface area contributed by atoms with E-state index < -0.39 is 6.04 Å². The summed E-state index contributed by atoms with van der Waals surface area (Å²) in [6.45, 7) is 4.14. The Hall–Kier alpha value is -3.65. The lowest BCUT2D eigenvalue weighted by molar-refractivity contribution is -0.401. The van der Waals surface area contributed by atoms with Crippen LogP contribution in [0.5, 0.6) is 11.5 Å². The number of amides is 1. The van der Waals surface area contributed by atoms with Crippen molar-refractivity contribution < 1.29 is 32.4 Å². The number of hydrogen-bond donors (Lipinski definition) is 2. The van der Waals surface area contributed by atoms with Crippen LogP contribution in [0.3, 0.4) is 0 Å². The molecule has 4 aromatic rings. The monoisotopic (exact) mass is 561 g/mol. The molecule has 202 valence electrons. The second-order valence-corrected chi connectivity index (χ2v) is 10.5. The molecule has 0 saturated carbocycles. The van der Waals surface area contributed by atoms with Crippen molar-refractivity contribution in [2.45, 2.75) is 32.7 Å². The van der Waals surface area contributed by atoms with Crippen LogP contribution in [0.25, 0.3) is 27.6 Å². The normalized spacial score (nSPS) is 12.7. The molecule has 6 nitrogen and oxygen atoms in total. The zero-order valence-corrected chi connectivity index (χ0v) is 24.1. The van der Waals surface area contributed by atoms with Gasteiger partial charge >= 0.3 is 0 Å². The lowest BCUT2D eigenvalue weighted by atomic mass is 9.99. The fraction of sp³-hybridized carbons (Fsp3) is 0.226. The van der Waals surface area contributed by atoms with Crippen molar-refractivity contribution in [2.24, 2.45) is 0 Å². The number of benzene rings is 3. The highest BCUT2D eigenvalue weighted by Crippen LogP contribution is 2.40. The maximum atomic E-state index is 13.2. The number of hydrogen-bond acceptors (Lipinski definition) is 5. The molecule has 1 amide bonds. The van der Waals surface area contributed by atoms with E-state index >= 15 is 0 Å². The largest absolute Gasteiger partial charge is 1.00 e. The van der Waals surface area contributed by atoms with Gasteiger partial charge in [0.1, 0.15) is 11.5 Å². The Kier molecular flexibility index (Phi) is 8.75. The van der Waals surface area contributed by atoms with Gasteiger partial charge in [-0.25, -0.2) is 0 Å². The third-order valence-corrected chi connectivity index (χ3v) is 8.00. The van der Waals surface area contributed by atoms with Gasteiger partial charge in [0.2, 0.25) is 0 Å².